The predicted molar refractivity (Wildman–Crippen MR) is 165 cm³/mol. The van der Waals surface area contributed by atoms with E-state index in [9.17, 15) is 48.6 Å². The molecule has 1 fully saturated rings. The zero-order chi connectivity index (χ0) is 35.7. The Balaban J connectivity index is 2.87. The van der Waals surface area contributed by atoms with Crippen molar-refractivity contribution in [3.8, 4) is 0 Å². The summed E-state index contributed by atoms with van der Waals surface area (Å²) in [4.78, 5) is 104. The number of hydrogen-bond donors (Lipinski definition) is 10. The number of ketones is 1. The lowest BCUT2D eigenvalue weighted by Crippen LogP contribution is -2.58. The highest BCUT2D eigenvalue weighted by Gasteiger charge is 2.38. The smallest absolute Gasteiger partial charge is 0.305 e. The molecule has 0 saturated carbocycles. The molecule has 0 bridgehead atoms. The Morgan fingerprint density at radius 1 is 0.894 bits per heavy atom. The third-order valence-electron chi connectivity index (χ3n) is 6.95. The number of Topliss-reactive ketones (excluding diaryl/α,β-unsaturated/α-hetero) is 1. The maximum absolute atomic E-state index is 13.2. The average Bonchev–Trinajstić information content (AvgIpc) is 3.51. The molecule has 1 rings (SSSR count). The number of amides is 6. The summed E-state index contributed by atoms with van der Waals surface area (Å²) < 4.78 is 0. The van der Waals surface area contributed by atoms with Crippen LogP contribution in [0.5, 0.6) is 0 Å². The van der Waals surface area contributed by atoms with Gasteiger partial charge in [-0.3, -0.25) is 43.3 Å². The van der Waals surface area contributed by atoms with Crippen molar-refractivity contribution < 1.29 is 48.6 Å². The molecule has 1 heterocycles. The first-order chi connectivity index (χ1) is 22.1. The van der Waals surface area contributed by atoms with Crippen LogP contribution in [-0.2, 0) is 38.4 Å². The molecule has 0 aromatic rings. The fourth-order valence-corrected chi connectivity index (χ4v) is 4.40. The van der Waals surface area contributed by atoms with Gasteiger partial charge in [0.15, 0.2) is 11.7 Å². The number of carboxylic acid groups (broad SMARTS) is 1. The monoisotopic (exact) mass is 670 g/mol. The van der Waals surface area contributed by atoms with Crippen molar-refractivity contribution in [2.45, 2.75) is 70.1 Å². The van der Waals surface area contributed by atoms with Gasteiger partial charge in [-0.1, -0.05) is 13.8 Å². The Bertz CT molecular complexity index is 1190. The molecule has 1 aliphatic rings. The summed E-state index contributed by atoms with van der Waals surface area (Å²) in [5, 5.41) is 30.7. The second-order valence-corrected chi connectivity index (χ2v) is 11.0. The third kappa shape index (κ3) is 14.4. The Labute approximate surface area is 271 Å². The molecule has 1 aliphatic heterocycles. The number of aliphatic hydroxyl groups is 1. The van der Waals surface area contributed by atoms with Crippen molar-refractivity contribution in [2.75, 3.05) is 39.3 Å². The van der Waals surface area contributed by atoms with E-state index in [0.29, 0.717) is 6.42 Å². The minimum atomic E-state index is -1.73. The zero-order valence-corrected chi connectivity index (χ0v) is 26.5. The van der Waals surface area contributed by atoms with Gasteiger partial charge in [-0.25, -0.2) is 0 Å². The van der Waals surface area contributed by atoms with Crippen LogP contribution >= 0.6 is 0 Å². The van der Waals surface area contributed by atoms with E-state index in [1.165, 1.54) is 0 Å². The Hall–Kier alpha value is -4.85. The number of nitrogens with two attached hydrogens (primary N) is 3. The number of aliphatic hydroxyl groups excluding tert-OH is 1. The first-order valence-corrected chi connectivity index (χ1v) is 15.0. The van der Waals surface area contributed by atoms with E-state index in [4.69, 9.17) is 17.2 Å². The summed E-state index contributed by atoms with van der Waals surface area (Å²) in [7, 11) is 0. The number of guanidine groups is 1. The molecule has 0 spiro atoms. The molecule has 264 valence electrons. The minimum Gasteiger partial charge on any atom is -0.481 e. The number of aliphatic carboxylic acids is 1. The average molecular weight is 671 g/mol. The van der Waals surface area contributed by atoms with Gasteiger partial charge in [0, 0.05) is 19.0 Å². The van der Waals surface area contributed by atoms with Gasteiger partial charge >= 0.3 is 5.97 Å². The predicted octanol–water partition coefficient (Wildman–Crippen LogP) is -5.63. The van der Waals surface area contributed by atoms with Crippen LogP contribution in [0.4, 0.5) is 0 Å². The van der Waals surface area contributed by atoms with E-state index in [2.05, 4.69) is 31.6 Å². The van der Waals surface area contributed by atoms with Gasteiger partial charge in [0.2, 0.25) is 35.4 Å². The second-order valence-electron chi connectivity index (χ2n) is 11.0. The lowest BCUT2D eigenvalue weighted by atomic mass is 10.1. The largest absolute Gasteiger partial charge is 0.481 e. The zero-order valence-electron chi connectivity index (χ0n) is 26.5. The van der Waals surface area contributed by atoms with E-state index >= 15 is 0 Å². The number of carbonyl (C=O) groups excluding carboxylic acids is 7. The minimum absolute atomic E-state index is 0.0756. The van der Waals surface area contributed by atoms with E-state index in [-0.39, 0.29) is 56.6 Å². The molecular weight excluding hydrogens is 624 g/mol. The molecule has 13 N–H and O–H groups in total. The summed E-state index contributed by atoms with van der Waals surface area (Å²) in [5.74, 6) is -7.12. The molecule has 20 heteroatoms. The van der Waals surface area contributed by atoms with E-state index in [0.717, 1.165) is 4.90 Å². The first-order valence-electron chi connectivity index (χ1n) is 15.0. The number of nitrogens with zero attached hydrogens (tertiary/aromatic N) is 2. The molecule has 6 amide bonds. The van der Waals surface area contributed by atoms with Crippen LogP contribution in [0.3, 0.4) is 0 Å². The van der Waals surface area contributed by atoms with Crippen LogP contribution in [0.25, 0.3) is 0 Å². The Morgan fingerprint density at radius 3 is 2.13 bits per heavy atom. The van der Waals surface area contributed by atoms with E-state index in [1.54, 1.807) is 13.8 Å². The summed E-state index contributed by atoms with van der Waals surface area (Å²) in [6, 6.07) is -5.40. The molecule has 47 heavy (non-hydrogen) atoms. The summed E-state index contributed by atoms with van der Waals surface area (Å²) in [5.41, 5.74) is 15.8. The summed E-state index contributed by atoms with van der Waals surface area (Å²) in [6.07, 6.45) is 0.141. The Morgan fingerprint density at radius 2 is 1.55 bits per heavy atom. The second kappa shape index (κ2) is 20.3. The van der Waals surface area contributed by atoms with Gasteiger partial charge in [-0.15, -0.1) is 0 Å². The van der Waals surface area contributed by atoms with Crippen LogP contribution in [0.1, 0.15) is 46.0 Å². The number of likely N-dealkylation sites (tertiary alicyclic amines) is 1. The normalized spacial score (nSPS) is 15.9. The van der Waals surface area contributed by atoms with Gasteiger partial charge < -0.3 is 58.9 Å². The van der Waals surface area contributed by atoms with Crippen molar-refractivity contribution in [1.82, 2.24) is 31.5 Å². The highest BCUT2D eigenvalue weighted by atomic mass is 16.4. The summed E-state index contributed by atoms with van der Waals surface area (Å²) >= 11 is 0. The van der Waals surface area contributed by atoms with Gasteiger partial charge in [0.05, 0.1) is 32.7 Å². The number of nitrogens with one attached hydrogen (secondary N) is 5. The number of rotatable bonds is 20. The molecule has 0 aromatic heterocycles. The molecule has 20 nitrogen and oxygen atoms in total. The third-order valence-corrected chi connectivity index (χ3v) is 6.95. The lowest BCUT2D eigenvalue weighted by Gasteiger charge is -2.28. The molecule has 3 unspecified atom stereocenters. The van der Waals surface area contributed by atoms with Crippen LogP contribution in [-0.4, -0.2) is 132 Å². The fraction of sp³-hybridized carbons (Fsp3) is 0.667. The SMILES string of the molecule is CC(C)C(=O)CNC(=O)[C@@H]1CCCN1C(=O)C(CO)NC(=O)C(CC(=O)O)NC(=O)CNC(=O)C(CCCN=C(N)N)NC(=O)CN. The molecule has 1 saturated heterocycles. The van der Waals surface area contributed by atoms with Gasteiger partial charge in [-0.05, 0) is 25.7 Å². The number of carboxylic acids is 1. The standard InChI is InChI=1S/C27H46N10O10/c1-14(2)19(39)11-32-25(46)18-6-4-8-37(18)26(47)17(13-38)36-24(45)16(9-22(42)43)35-21(41)12-33-23(44)15(34-20(40)10-28)5-3-7-31-27(29)30/h14-18,38H,3-13,28H2,1-2H3,(H,32,46)(H,33,44)(H,34,40)(H,35,41)(H,36,45)(H,42,43)(H4,29,30,31)/t15?,16?,17?,18-/m0/s1. The number of aliphatic imine (C=N–C) groups is 1. The van der Waals surface area contributed by atoms with Gasteiger partial charge in [0.25, 0.3) is 0 Å². The van der Waals surface area contributed by atoms with Crippen LogP contribution in [0.2, 0.25) is 0 Å². The first kappa shape index (κ1) is 40.2. The Kier molecular flexibility index (Phi) is 17.4. The lowest BCUT2D eigenvalue weighted by molar-refractivity contribution is -0.144. The van der Waals surface area contributed by atoms with Crippen LogP contribution in [0.15, 0.2) is 4.99 Å². The molecule has 0 aromatic carbocycles. The fourth-order valence-electron chi connectivity index (χ4n) is 4.40. The highest BCUT2D eigenvalue weighted by molar-refractivity contribution is 5.97. The quantitative estimate of drug-likeness (QED) is 0.0328. The van der Waals surface area contributed by atoms with Crippen LogP contribution < -0.4 is 43.8 Å². The highest BCUT2D eigenvalue weighted by Crippen LogP contribution is 2.19. The van der Waals surface area contributed by atoms with E-state index < -0.39 is 91.7 Å². The van der Waals surface area contributed by atoms with E-state index in [1.807, 2.05) is 0 Å². The van der Waals surface area contributed by atoms with Crippen LogP contribution in [0, 0.1) is 5.92 Å². The van der Waals surface area contributed by atoms with Crippen molar-refractivity contribution in [1.29, 1.82) is 0 Å². The topological polar surface area (TPSA) is 331 Å². The van der Waals surface area contributed by atoms with Crippen molar-refractivity contribution in [2.24, 2.45) is 28.1 Å². The van der Waals surface area contributed by atoms with Gasteiger partial charge in [0.1, 0.15) is 24.2 Å². The molecular formula is C27H46N10O10. The maximum Gasteiger partial charge on any atom is 0.305 e. The van der Waals surface area contributed by atoms with Gasteiger partial charge in [-0.2, -0.15) is 0 Å². The molecule has 0 aliphatic carbocycles. The maximum atomic E-state index is 13.2. The van der Waals surface area contributed by atoms with Crippen molar-refractivity contribution in [3.63, 3.8) is 0 Å². The molecule has 4 atom stereocenters. The summed E-state index contributed by atoms with van der Waals surface area (Å²) in [6.45, 7) is 1.34. The van der Waals surface area contributed by atoms with Crippen molar-refractivity contribution in [3.05, 3.63) is 0 Å². The molecule has 0 radical (unpaired) electrons. The van der Waals surface area contributed by atoms with Crippen molar-refractivity contribution >= 4 is 53.2 Å². The number of carbonyl (C=O) groups is 8. The number of hydrogen-bond acceptors (Lipinski definition) is 11.